The van der Waals surface area contributed by atoms with E-state index in [-0.39, 0.29) is 12.0 Å². The molecule has 1 heterocycles. The van der Waals surface area contributed by atoms with Crippen molar-refractivity contribution in [2.75, 3.05) is 13.7 Å². The second-order valence-electron chi connectivity index (χ2n) is 5.51. The highest BCUT2D eigenvalue weighted by molar-refractivity contribution is 5.86. The summed E-state index contributed by atoms with van der Waals surface area (Å²) in [6.07, 6.45) is 0.162. The molecule has 0 spiro atoms. The summed E-state index contributed by atoms with van der Waals surface area (Å²) in [6.45, 7) is 0.520. The minimum absolute atomic E-state index is 0.0892. The van der Waals surface area contributed by atoms with E-state index in [9.17, 15) is 9.90 Å². The first-order chi connectivity index (χ1) is 10.2. The van der Waals surface area contributed by atoms with E-state index < -0.39 is 12.0 Å². The van der Waals surface area contributed by atoms with Crippen LogP contribution in [0, 0.1) is 0 Å². The first-order valence-electron chi connectivity index (χ1n) is 7.17. The monoisotopic (exact) mass is 285 g/mol. The number of rotatable bonds is 3. The summed E-state index contributed by atoms with van der Waals surface area (Å²) >= 11 is 0. The third-order valence-corrected chi connectivity index (χ3v) is 4.13. The predicted octanol–water partition coefficient (Wildman–Crippen LogP) is 1.82. The number of fused-ring (bicyclic) bond motifs is 1. The number of aliphatic hydroxyl groups excluding tert-OH is 1. The fourth-order valence-electron chi connectivity index (χ4n) is 3.06. The normalized spacial score (nSPS) is 23.1. The SMILES string of the molecule is COC(=O)C(c1ccc2ccccc2c1)C1CC(O)CN1. The first-order valence-corrected chi connectivity index (χ1v) is 7.17. The van der Waals surface area contributed by atoms with E-state index in [1.165, 1.54) is 7.11 Å². The molecular weight excluding hydrogens is 266 g/mol. The molecule has 0 bridgehead atoms. The Morgan fingerprint density at radius 3 is 2.71 bits per heavy atom. The number of aliphatic hydroxyl groups is 1. The molecule has 0 aliphatic carbocycles. The van der Waals surface area contributed by atoms with Crippen LogP contribution in [0.1, 0.15) is 17.9 Å². The third-order valence-electron chi connectivity index (χ3n) is 4.13. The Morgan fingerprint density at radius 1 is 1.29 bits per heavy atom. The zero-order valence-electron chi connectivity index (χ0n) is 12.0. The van der Waals surface area contributed by atoms with E-state index in [1.807, 2.05) is 42.5 Å². The van der Waals surface area contributed by atoms with Gasteiger partial charge in [-0.15, -0.1) is 0 Å². The number of carbonyl (C=O) groups is 1. The summed E-state index contributed by atoms with van der Waals surface area (Å²) in [5.41, 5.74) is 0.923. The van der Waals surface area contributed by atoms with Crippen molar-refractivity contribution < 1.29 is 14.6 Å². The largest absolute Gasteiger partial charge is 0.469 e. The second kappa shape index (κ2) is 5.84. The van der Waals surface area contributed by atoms with Crippen LogP contribution in [0.4, 0.5) is 0 Å². The van der Waals surface area contributed by atoms with Crippen molar-refractivity contribution in [3.05, 3.63) is 48.0 Å². The summed E-state index contributed by atoms with van der Waals surface area (Å²) in [7, 11) is 1.40. The number of nitrogens with one attached hydrogen (secondary N) is 1. The van der Waals surface area contributed by atoms with Crippen LogP contribution in [0.3, 0.4) is 0 Å². The minimum atomic E-state index is -0.400. The van der Waals surface area contributed by atoms with Gasteiger partial charge in [0.15, 0.2) is 0 Å². The number of carbonyl (C=O) groups excluding carboxylic acids is 1. The zero-order valence-corrected chi connectivity index (χ0v) is 12.0. The van der Waals surface area contributed by atoms with Gasteiger partial charge in [0.1, 0.15) is 0 Å². The average Bonchev–Trinajstić information content (AvgIpc) is 2.93. The lowest BCUT2D eigenvalue weighted by atomic mass is 9.89. The van der Waals surface area contributed by atoms with E-state index in [1.54, 1.807) is 0 Å². The van der Waals surface area contributed by atoms with Crippen LogP contribution >= 0.6 is 0 Å². The number of hydrogen-bond donors (Lipinski definition) is 2. The summed E-state index contributed by atoms with van der Waals surface area (Å²) in [5, 5.41) is 15.2. The molecular formula is C17H19NO3. The van der Waals surface area contributed by atoms with Crippen LogP contribution < -0.4 is 5.32 Å². The lowest BCUT2D eigenvalue weighted by molar-refractivity contribution is -0.143. The van der Waals surface area contributed by atoms with Gasteiger partial charge < -0.3 is 15.2 Å². The summed E-state index contributed by atoms with van der Waals surface area (Å²) in [5.74, 6) is -0.659. The van der Waals surface area contributed by atoms with Crippen LogP contribution in [-0.2, 0) is 9.53 Å². The van der Waals surface area contributed by atoms with E-state index in [4.69, 9.17) is 4.74 Å². The summed E-state index contributed by atoms with van der Waals surface area (Å²) in [6, 6.07) is 14.0. The lowest BCUT2D eigenvalue weighted by Gasteiger charge is -2.22. The van der Waals surface area contributed by atoms with E-state index >= 15 is 0 Å². The van der Waals surface area contributed by atoms with Crippen LogP contribution in [0.5, 0.6) is 0 Å². The van der Waals surface area contributed by atoms with Gasteiger partial charge in [0.25, 0.3) is 0 Å². The second-order valence-corrected chi connectivity index (χ2v) is 5.51. The van der Waals surface area contributed by atoms with Crippen molar-refractivity contribution in [2.45, 2.75) is 24.5 Å². The van der Waals surface area contributed by atoms with Crippen LogP contribution in [0.2, 0.25) is 0 Å². The van der Waals surface area contributed by atoms with Crippen molar-refractivity contribution in [1.82, 2.24) is 5.32 Å². The first kappa shape index (κ1) is 14.0. The molecule has 3 rings (SSSR count). The molecule has 4 nitrogen and oxygen atoms in total. The maximum absolute atomic E-state index is 12.2. The van der Waals surface area contributed by atoms with Gasteiger partial charge in [0.2, 0.25) is 0 Å². The Balaban J connectivity index is 1.99. The fraction of sp³-hybridized carbons (Fsp3) is 0.353. The van der Waals surface area contributed by atoms with E-state index in [2.05, 4.69) is 5.32 Å². The molecule has 21 heavy (non-hydrogen) atoms. The van der Waals surface area contributed by atoms with Gasteiger partial charge in [-0.2, -0.15) is 0 Å². The highest BCUT2D eigenvalue weighted by Gasteiger charge is 2.35. The van der Waals surface area contributed by atoms with Crippen molar-refractivity contribution in [3.8, 4) is 0 Å². The molecule has 110 valence electrons. The molecule has 0 amide bonds. The Morgan fingerprint density at radius 2 is 2.05 bits per heavy atom. The molecule has 1 fully saturated rings. The van der Waals surface area contributed by atoms with Gasteiger partial charge in [0.05, 0.1) is 19.1 Å². The van der Waals surface area contributed by atoms with Gasteiger partial charge in [0, 0.05) is 12.6 Å². The molecule has 1 saturated heterocycles. The van der Waals surface area contributed by atoms with Crippen LogP contribution in [-0.4, -0.2) is 36.9 Å². The molecule has 3 unspecified atom stereocenters. The van der Waals surface area contributed by atoms with Gasteiger partial charge in [-0.3, -0.25) is 4.79 Å². The van der Waals surface area contributed by atoms with Gasteiger partial charge in [-0.05, 0) is 22.8 Å². The van der Waals surface area contributed by atoms with Gasteiger partial charge in [-0.1, -0.05) is 42.5 Å². The molecule has 0 aromatic heterocycles. The quantitative estimate of drug-likeness (QED) is 0.845. The van der Waals surface area contributed by atoms with Crippen molar-refractivity contribution in [3.63, 3.8) is 0 Å². The lowest BCUT2D eigenvalue weighted by Crippen LogP contribution is -2.34. The van der Waals surface area contributed by atoms with Gasteiger partial charge in [-0.25, -0.2) is 0 Å². The van der Waals surface area contributed by atoms with Crippen LogP contribution in [0.25, 0.3) is 10.8 Å². The molecule has 4 heteroatoms. The highest BCUT2D eigenvalue weighted by Crippen LogP contribution is 2.29. The number of methoxy groups -OCH3 is 1. The smallest absolute Gasteiger partial charge is 0.314 e. The fourth-order valence-corrected chi connectivity index (χ4v) is 3.06. The average molecular weight is 285 g/mol. The van der Waals surface area contributed by atoms with E-state index in [0.29, 0.717) is 13.0 Å². The number of ether oxygens (including phenoxy) is 1. The van der Waals surface area contributed by atoms with Crippen molar-refractivity contribution in [2.24, 2.45) is 0 Å². The summed E-state index contributed by atoms with van der Waals surface area (Å²) < 4.78 is 4.97. The summed E-state index contributed by atoms with van der Waals surface area (Å²) in [4.78, 5) is 12.2. The molecule has 2 N–H and O–H groups in total. The number of esters is 1. The number of β-amino-alcohol motifs (C(OH)–C–C–N with tert-alkyl or cyclic N) is 1. The molecule has 1 aliphatic rings. The van der Waals surface area contributed by atoms with Gasteiger partial charge >= 0.3 is 5.97 Å². The standard InChI is InChI=1S/C17H19NO3/c1-21-17(20)16(15-9-14(19)10-18-15)13-7-6-11-4-2-3-5-12(11)8-13/h2-8,14-16,18-19H,9-10H2,1H3. The highest BCUT2D eigenvalue weighted by atomic mass is 16.5. The Hall–Kier alpha value is -1.91. The Bertz CT molecular complexity index is 655. The van der Waals surface area contributed by atoms with Crippen LogP contribution in [0.15, 0.2) is 42.5 Å². The zero-order chi connectivity index (χ0) is 14.8. The molecule has 3 atom stereocenters. The molecule has 0 radical (unpaired) electrons. The number of hydrogen-bond acceptors (Lipinski definition) is 4. The third kappa shape index (κ3) is 2.77. The van der Waals surface area contributed by atoms with Crippen molar-refractivity contribution >= 4 is 16.7 Å². The molecule has 2 aromatic carbocycles. The molecule has 1 aliphatic heterocycles. The maximum atomic E-state index is 12.2. The maximum Gasteiger partial charge on any atom is 0.314 e. The number of benzene rings is 2. The molecule has 0 saturated carbocycles. The van der Waals surface area contributed by atoms with E-state index in [0.717, 1.165) is 16.3 Å². The topological polar surface area (TPSA) is 58.6 Å². The minimum Gasteiger partial charge on any atom is -0.469 e. The Kier molecular flexibility index (Phi) is 3.90. The predicted molar refractivity (Wildman–Crippen MR) is 81.1 cm³/mol. The van der Waals surface area contributed by atoms with Crippen molar-refractivity contribution in [1.29, 1.82) is 0 Å². The Labute approximate surface area is 123 Å². The molecule has 2 aromatic rings.